The molecule has 0 fully saturated rings. The third kappa shape index (κ3) is 5.37. The van der Waals surface area contributed by atoms with Crippen LogP contribution in [0, 0.1) is 0 Å². The summed E-state index contributed by atoms with van der Waals surface area (Å²) in [6.07, 6.45) is 0. The van der Waals surface area contributed by atoms with Crippen LogP contribution in [-0.2, 0) is 13.2 Å². The van der Waals surface area contributed by atoms with Crippen molar-refractivity contribution in [3.05, 3.63) is 95.7 Å². The number of anilines is 1. The molecule has 32 heavy (non-hydrogen) atoms. The van der Waals surface area contributed by atoms with Gasteiger partial charge in [0.2, 0.25) is 0 Å². The lowest BCUT2D eigenvalue weighted by molar-refractivity contribution is 0.102. The molecule has 2 N–H and O–H groups in total. The number of benzene rings is 3. The normalized spacial score (nSPS) is 11.3. The molecule has 164 valence electrons. The maximum atomic E-state index is 12.7. The van der Waals surface area contributed by atoms with E-state index in [1.165, 1.54) is 5.56 Å². The summed E-state index contributed by atoms with van der Waals surface area (Å²) in [5.74, 6) is 0.606. The first-order valence-electron chi connectivity index (χ1n) is 10.9. The van der Waals surface area contributed by atoms with Crippen LogP contribution < -0.4 is 10.1 Å². The van der Waals surface area contributed by atoms with Crippen LogP contribution in [0.1, 0.15) is 35.5 Å². The van der Waals surface area contributed by atoms with Crippen molar-refractivity contribution in [2.24, 2.45) is 0 Å². The van der Waals surface area contributed by atoms with Crippen LogP contribution in [0.25, 0.3) is 10.9 Å². The fraction of sp³-hybridized carbons (Fsp3) is 0.222. The summed E-state index contributed by atoms with van der Waals surface area (Å²) in [5.41, 5.74) is 4.52. The zero-order valence-electron chi connectivity index (χ0n) is 18.8. The molecule has 5 heteroatoms. The van der Waals surface area contributed by atoms with Crippen molar-refractivity contribution in [2.45, 2.75) is 33.0 Å². The summed E-state index contributed by atoms with van der Waals surface area (Å²) >= 11 is 0. The van der Waals surface area contributed by atoms with Gasteiger partial charge in [-0.25, -0.2) is 0 Å². The summed E-state index contributed by atoms with van der Waals surface area (Å²) in [4.78, 5) is 18.2. The third-order valence-electron chi connectivity index (χ3n) is 5.61. The van der Waals surface area contributed by atoms with Gasteiger partial charge in [-0.1, -0.05) is 42.5 Å². The molecule has 1 amide bonds. The Bertz CT molecular complexity index is 1180. The van der Waals surface area contributed by atoms with Crippen LogP contribution in [0.4, 0.5) is 5.69 Å². The lowest BCUT2D eigenvalue weighted by Gasteiger charge is -2.21. The fourth-order valence-corrected chi connectivity index (χ4v) is 3.43. The van der Waals surface area contributed by atoms with E-state index in [1.807, 2.05) is 66.7 Å². The van der Waals surface area contributed by atoms with Crippen LogP contribution in [0.2, 0.25) is 0 Å². The van der Waals surface area contributed by atoms with E-state index in [-0.39, 0.29) is 5.91 Å². The van der Waals surface area contributed by atoms with Crippen molar-refractivity contribution in [1.82, 2.24) is 9.88 Å². The van der Waals surface area contributed by atoms with Gasteiger partial charge in [0, 0.05) is 29.2 Å². The summed E-state index contributed by atoms with van der Waals surface area (Å²) < 4.78 is 5.90. The van der Waals surface area contributed by atoms with Gasteiger partial charge in [0.25, 0.3) is 5.91 Å². The number of aromatic nitrogens is 1. The largest absolute Gasteiger partial charge is 0.489 e. The van der Waals surface area contributed by atoms with Gasteiger partial charge in [0.1, 0.15) is 18.1 Å². The van der Waals surface area contributed by atoms with E-state index < -0.39 is 0 Å². The molecule has 0 saturated carbocycles. The summed E-state index contributed by atoms with van der Waals surface area (Å²) in [7, 11) is 2.11. The number of aromatic amines is 1. The minimum atomic E-state index is -0.167. The number of H-pyrrole nitrogens is 1. The van der Waals surface area contributed by atoms with Gasteiger partial charge < -0.3 is 15.0 Å². The highest BCUT2D eigenvalue weighted by Crippen LogP contribution is 2.23. The second kappa shape index (κ2) is 9.71. The topological polar surface area (TPSA) is 57.4 Å². The molecule has 1 heterocycles. The Morgan fingerprint density at radius 3 is 2.44 bits per heavy atom. The number of rotatable bonds is 8. The number of ether oxygens (including phenoxy) is 1. The number of fused-ring (bicyclic) bond motifs is 1. The van der Waals surface area contributed by atoms with E-state index >= 15 is 0 Å². The lowest BCUT2D eigenvalue weighted by atomic mass is 10.2. The molecule has 0 bridgehead atoms. The maximum Gasteiger partial charge on any atom is 0.272 e. The predicted octanol–water partition coefficient (Wildman–Crippen LogP) is 5.84. The highest BCUT2D eigenvalue weighted by atomic mass is 16.5. The Hall–Kier alpha value is -3.57. The summed E-state index contributed by atoms with van der Waals surface area (Å²) in [6.45, 7) is 5.73. The molecule has 5 nitrogen and oxygen atoms in total. The van der Waals surface area contributed by atoms with Crippen LogP contribution in [0.5, 0.6) is 5.75 Å². The quantitative estimate of drug-likeness (QED) is 0.371. The van der Waals surface area contributed by atoms with Gasteiger partial charge in [0.15, 0.2) is 0 Å². The highest BCUT2D eigenvalue weighted by Gasteiger charge is 2.11. The Balaban J connectivity index is 1.40. The van der Waals surface area contributed by atoms with Crippen LogP contribution >= 0.6 is 0 Å². The maximum absolute atomic E-state index is 12.7. The molecule has 0 radical (unpaired) electrons. The Labute approximate surface area is 189 Å². The molecule has 4 aromatic rings. The minimum absolute atomic E-state index is 0.167. The van der Waals surface area contributed by atoms with Crippen LogP contribution in [0.15, 0.2) is 78.9 Å². The second-order valence-corrected chi connectivity index (χ2v) is 8.37. The Morgan fingerprint density at radius 2 is 1.72 bits per heavy atom. The number of nitrogens with one attached hydrogen (secondary N) is 2. The molecule has 0 aliphatic heterocycles. The van der Waals surface area contributed by atoms with Gasteiger partial charge in [-0.15, -0.1) is 0 Å². The number of hydrogen-bond acceptors (Lipinski definition) is 3. The Morgan fingerprint density at radius 1 is 0.969 bits per heavy atom. The summed E-state index contributed by atoms with van der Waals surface area (Å²) in [6, 6.07) is 26.2. The first kappa shape index (κ1) is 21.7. The number of hydrogen-bond donors (Lipinski definition) is 2. The molecule has 0 spiro atoms. The SMILES string of the molecule is CC(C)N(C)Cc1ccc(NC(=O)c2cc3cc(OCc4ccccc4)ccc3[nH]2)cc1. The molecular formula is C27H29N3O2. The molecule has 4 rings (SSSR count). The highest BCUT2D eigenvalue weighted by molar-refractivity contribution is 6.06. The van der Waals surface area contributed by atoms with Gasteiger partial charge in [-0.3, -0.25) is 9.69 Å². The Kier molecular flexibility index (Phi) is 6.57. The van der Waals surface area contributed by atoms with Gasteiger partial charge in [0.05, 0.1) is 0 Å². The zero-order chi connectivity index (χ0) is 22.5. The van der Waals surface area contributed by atoms with E-state index in [2.05, 4.69) is 48.2 Å². The second-order valence-electron chi connectivity index (χ2n) is 8.37. The standard InChI is InChI=1S/C27H29N3O2/c1-19(2)30(3)17-20-9-11-23(12-10-20)28-27(31)26-16-22-15-24(13-14-25(22)29-26)32-18-21-7-5-4-6-8-21/h4-16,19,29H,17-18H2,1-3H3,(H,28,31). The minimum Gasteiger partial charge on any atom is -0.489 e. The van der Waals surface area contributed by atoms with Crippen molar-refractivity contribution in [3.8, 4) is 5.75 Å². The van der Waals surface area contributed by atoms with Crippen LogP contribution in [0.3, 0.4) is 0 Å². The van der Waals surface area contributed by atoms with Gasteiger partial charge >= 0.3 is 0 Å². The molecule has 0 saturated heterocycles. The molecule has 0 unspecified atom stereocenters. The average Bonchev–Trinajstić information content (AvgIpc) is 3.23. The van der Waals surface area contributed by atoms with Crippen molar-refractivity contribution < 1.29 is 9.53 Å². The third-order valence-corrected chi connectivity index (χ3v) is 5.61. The van der Waals surface area contributed by atoms with Gasteiger partial charge in [-0.2, -0.15) is 0 Å². The van der Waals surface area contributed by atoms with E-state index in [0.29, 0.717) is 18.3 Å². The number of amides is 1. The van der Waals surface area contributed by atoms with E-state index in [0.717, 1.165) is 34.4 Å². The predicted molar refractivity (Wildman–Crippen MR) is 130 cm³/mol. The van der Waals surface area contributed by atoms with Crippen molar-refractivity contribution >= 4 is 22.5 Å². The van der Waals surface area contributed by atoms with E-state index in [1.54, 1.807) is 0 Å². The van der Waals surface area contributed by atoms with Crippen molar-refractivity contribution in [1.29, 1.82) is 0 Å². The van der Waals surface area contributed by atoms with Crippen molar-refractivity contribution in [3.63, 3.8) is 0 Å². The van der Waals surface area contributed by atoms with Gasteiger partial charge in [-0.05, 0) is 68.4 Å². The molecule has 1 aromatic heterocycles. The van der Waals surface area contributed by atoms with Crippen molar-refractivity contribution in [2.75, 3.05) is 12.4 Å². The molecular weight excluding hydrogens is 398 g/mol. The molecule has 3 aromatic carbocycles. The lowest BCUT2D eigenvalue weighted by Crippen LogP contribution is -2.25. The van der Waals surface area contributed by atoms with E-state index in [4.69, 9.17) is 4.74 Å². The fourth-order valence-electron chi connectivity index (χ4n) is 3.43. The molecule has 0 aliphatic rings. The summed E-state index contributed by atoms with van der Waals surface area (Å²) in [5, 5.41) is 3.91. The smallest absolute Gasteiger partial charge is 0.272 e. The zero-order valence-corrected chi connectivity index (χ0v) is 18.8. The number of carbonyl (C=O) groups is 1. The van der Waals surface area contributed by atoms with E-state index in [9.17, 15) is 4.79 Å². The molecule has 0 atom stereocenters. The number of nitrogens with zero attached hydrogens (tertiary/aromatic N) is 1. The number of carbonyl (C=O) groups excluding carboxylic acids is 1. The monoisotopic (exact) mass is 427 g/mol. The van der Waals surface area contributed by atoms with Crippen LogP contribution in [-0.4, -0.2) is 28.9 Å². The molecule has 0 aliphatic carbocycles. The first-order chi connectivity index (χ1) is 15.5. The average molecular weight is 428 g/mol. The first-order valence-corrected chi connectivity index (χ1v) is 10.9.